The van der Waals surface area contributed by atoms with E-state index in [-0.39, 0.29) is 11.5 Å². The SMILES string of the molecule is Cc1ccnc(NCc2ccncn2)c1[N+](=O)[O-]. The lowest BCUT2D eigenvalue weighted by atomic mass is 10.2. The monoisotopic (exact) mass is 245 g/mol. The zero-order valence-corrected chi connectivity index (χ0v) is 9.70. The summed E-state index contributed by atoms with van der Waals surface area (Å²) in [5.41, 5.74) is 1.30. The fraction of sp³-hybridized carbons (Fsp3) is 0.182. The zero-order chi connectivity index (χ0) is 13.0. The third-order valence-electron chi connectivity index (χ3n) is 2.39. The van der Waals surface area contributed by atoms with Gasteiger partial charge in [0.15, 0.2) is 0 Å². The molecular formula is C11H11N5O2. The Morgan fingerprint density at radius 2 is 2.17 bits per heavy atom. The zero-order valence-electron chi connectivity index (χ0n) is 9.70. The molecule has 0 aromatic carbocycles. The molecule has 0 aliphatic rings. The molecule has 2 aromatic heterocycles. The van der Waals surface area contributed by atoms with Gasteiger partial charge in [-0.1, -0.05) is 0 Å². The quantitative estimate of drug-likeness (QED) is 0.650. The molecule has 0 amide bonds. The Morgan fingerprint density at radius 1 is 1.33 bits per heavy atom. The normalized spacial score (nSPS) is 10.1. The van der Waals surface area contributed by atoms with E-state index in [2.05, 4.69) is 20.3 Å². The standard InChI is InChI=1S/C11H11N5O2/c1-8-2-5-13-11(10(8)16(17)18)14-6-9-3-4-12-7-15-9/h2-5,7H,6H2,1H3,(H,13,14). The molecule has 18 heavy (non-hydrogen) atoms. The van der Waals surface area contributed by atoms with Crippen LogP contribution in [-0.2, 0) is 6.54 Å². The van der Waals surface area contributed by atoms with Gasteiger partial charge >= 0.3 is 5.69 Å². The first-order chi connectivity index (χ1) is 8.68. The van der Waals surface area contributed by atoms with Crippen LogP contribution in [0.2, 0.25) is 0 Å². The van der Waals surface area contributed by atoms with Gasteiger partial charge in [-0.25, -0.2) is 15.0 Å². The number of nitro groups is 1. The smallest absolute Gasteiger partial charge is 0.314 e. The first kappa shape index (κ1) is 11.9. The number of anilines is 1. The second-order valence-corrected chi connectivity index (χ2v) is 3.64. The molecule has 92 valence electrons. The predicted molar refractivity (Wildman–Crippen MR) is 65.0 cm³/mol. The van der Waals surface area contributed by atoms with Gasteiger partial charge < -0.3 is 5.32 Å². The van der Waals surface area contributed by atoms with Crippen molar-refractivity contribution in [2.45, 2.75) is 13.5 Å². The lowest BCUT2D eigenvalue weighted by molar-refractivity contribution is -0.384. The summed E-state index contributed by atoms with van der Waals surface area (Å²) >= 11 is 0. The van der Waals surface area contributed by atoms with Gasteiger partial charge in [0.05, 0.1) is 17.2 Å². The van der Waals surface area contributed by atoms with Gasteiger partial charge in [0.25, 0.3) is 0 Å². The summed E-state index contributed by atoms with van der Waals surface area (Å²) in [7, 11) is 0. The van der Waals surface area contributed by atoms with Crippen LogP contribution in [0.3, 0.4) is 0 Å². The van der Waals surface area contributed by atoms with Gasteiger partial charge in [-0.2, -0.15) is 0 Å². The molecule has 0 radical (unpaired) electrons. The molecule has 0 atom stereocenters. The van der Waals surface area contributed by atoms with E-state index in [1.54, 1.807) is 25.3 Å². The molecule has 0 fully saturated rings. The molecule has 0 saturated carbocycles. The summed E-state index contributed by atoms with van der Waals surface area (Å²) in [5, 5.41) is 13.9. The molecule has 0 bridgehead atoms. The summed E-state index contributed by atoms with van der Waals surface area (Å²) in [6, 6.07) is 3.34. The lowest BCUT2D eigenvalue weighted by Crippen LogP contribution is -2.06. The highest BCUT2D eigenvalue weighted by molar-refractivity contribution is 5.59. The molecule has 0 saturated heterocycles. The highest BCUT2D eigenvalue weighted by atomic mass is 16.6. The molecule has 2 rings (SSSR count). The Bertz CT molecular complexity index is 559. The van der Waals surface area contributed by atoms with Crippen molar-refractivity contribution in [2.24, 2.45) is 0 Å². The van der Waals surface area contributed by atoms with Crippen LogP contribution in [0, 0.1) is 17.0 Å². The lowest BCUT2D eigenvalue weighted by Gasteiger charge is -2.06. The van der Waals surface area contributed by atoms with E-state index < -0.39 is 4.92 Å². The maximum Gasteiger partial charge on any atom is 0.314 e. The van der Waals surface area contributed by atoms with E-state index >= 15 is 0 Å². The minimum absolute atomic E-state index is 0.00782. The van der Waals surface area contributed by atoms with Crippen LogP contribution >= 0.6 is 0 Å². The van der Waals surface area contributed by atoms with E-state index in [4.69, 9.17) is 0 Å². The maximum absolute atomic E-state index is 11.0. The minimum atomic E-state index is -0.440. The molecule has 7 nitrogen and oxygen atoms in total. The number of hydrogen-bond acceptors (Lipinski definition) is 6. The Hall–Kier alpha value is -2.57. The van der Waals surface area contributed by atoms with Crippen molar-refractivity contribution in [1.82, 2.24) is 15.0 Å². The van der Waals surface area contributed by atoms with E-state index in [0.717, 1.165) is 5.69 Å². The molecular weight excluding hydrogens is 234 g/mol. The first-order valence-electron chi connectivity index (χ1n) is 5.27. The maximum atomic E-state index is 11.0. The van der Waals surface area contributed by atoms with Gasteiger partial charge in [-0.15, -0.1) is 0 Å². The second-order valence-electron chi connectivity index (χ2n) is 3.64. The van der Waals surface area contributed by atoms with Crippen molar-refractivity contribution in [3.63, 3.8) is 0 Å². The summed E-state index contributed by atoms with van der Waals surface area (Å²) in [6.07, 6.45) is 4.57. The van der Waals surface area contributed by atoms with Crippen molar-refractivity contribution in [2.75, 3.05) is 5.32 Å². The number of pyridine rings is 1. The Labute approximate surface area is 103 Å². The van der Waals surface area contributed by atoms with Crippen LogP contribution in [0.5, 0.6) is 0 Å². The van der Waals surface area contributed by atoms with Gasteiger partial charge in [0.1, 0.15) is 6.33 Å². The fourth-order valence-electron chi connectivity index (χ4n) is 1.51. The van der Waals surface area contributed by atoms with Crippen LogP contribution in [-0.4, -0.2) is 19.9 Å². The van der Waals surface area contributed by atoms with Crippen molar-refractivity contribution >= 4 is 11.5 Å². The Kier molecular flexibility index (Phi) is 3.42. The number of nitrogens with zero attached hydrogens (tertiary/aromatic N) is 4. The third kappa shape index (κ3) is 2.57. The molecule has 0 aliphatic heterocycles. The molecule has 7 heteroatoms. The minimum Gasteiger partial charge on any atom is -0.359 e. The summed E-state index contributed by atoms with van der Waals surface area (Å²) in [6.45, 7) is 2.04. The van der Waals surface area contributed by atoms with E-state index in [1.165, 1.54) is 12.5 Å². The molecule has 0 unspecified atom stereocenters. The third-order valence-corrected chi connectivity index (χ3v) is 2.39. The number of aromatic nitrogens is 3. The average Bonchev–Trinajstić information content (AvgIpc) is 2.37. The van der Waals surface area contributed by atoms with Gasteiger partial charge in [-0.3, -0.25) is 10.1 Å². The van der Waals surface area contributed by atoms with Gasteiger partial charge in [0.2, 0.25) is 5.82 Å². The Balaban J connectivity index is 2.20. The van der Waals surface area contributed by atoms with E-state index in [0.29, 0.717) is 12.1 Å². The number of aryl methyl sites for hydroxylation is 1. The van der Waals surface area contributed by atoms with Gasteiger partial charge in [-0.05, 0) is 19.1 Å². The van der Waals surface area contributed by atoms with Crippen molar-refractivity contribution in [3.8, 4) is 0 Å². The molecule has 2 heterocycles. The van der Waals surface area contributed by atoms with Crippen LogP contribution in [0.25, 0.3) is 0 Å². The molecule has 0 aliphatic carbocycles. The fourth-order valence-corrected chi connectivity index (χ4v) is 1.51. The summed E-state index contributed by atoms with van der Waals surface area (Å²) < 4.78 is 0. The summed E-state index contributed by atoms with van der Waals surface area (Å²) in [4.78, 5) is 22.3. The first-order valence-corrected chi connectivity index (χ1v) is 5.27. The van der Waals surface area contributed by atoms with Crippen molar-refractivity contribution < 1.29 is 4.92 Å². The van der Waals surface area contributed by atoms with Crippen molar-refractivity contribution in [3.05, 3.63) is 52.2 Å². The van der Waals surface area contributed by atoms with E-state index in [9.17, 15) is 10.1 Å². The summed E-state index contributed by atoms with van der Waals surface area (Å²) in [5.74, 6) is 0.249. The molecule has 1 N–H and O–H groups in total. The predicted octanol–water partition coefficient (Wildman–Crippen LogP) is 1.70. The largest absolute Gasteiger partial charge is 0.359 e. The van der Waals surface area contributed by atoms with Crippen molar-refractivity contribution in [1.29, 1.82) is 0 Å². The van der Waals surface area contributed by atoms with Crippen LogP contribution in [0.4, 0.5) is 11.5 Å². The average molecular weight is 245 g/mol. The Morgan fingerprint density at radius 3 is 2.83 bits per heavy atom. The van der Waals surface area contributed by atoms with E-state index in [1.807, 2.05) is 0 Å². The molecule has 2 aromatic rings. The van der Waals surface area contributed by atoms with Crippen LogP contribution in [0.15, 0.2) is 30.9 Å². The van der Waals surface area contributed by atoms with Crippen LogP contribution in [0.1, 0.15) is 11.3 Å². The molecule has 0 spiro atoms. The van der Waals surface area contributed by atoms with Gasteiger partial charge in [0, 0.05) is 18.0 Å². The highest BCUT2D eigenvalue weighted by Crippen LogP contribution is 2.25. The number of nitrogens with one attached hydrogen (secondary N) is 1. The highest BCUT2D eigenvalue weighted by Gasteiger charge is 2.17. The van der Waals surface area contributed by atoms with Crippen LogP contribution < -0.4 is 5.32 Å². The number of rotatable bonds is 4. The topological polar surface area (TPSA) is 93.8 Å². The number of hydrogen-bond donors (Lipinski definition) is 1. The second kappa shape index (κ2) is 5.17.